The number of carbonyl (C=O) groups is 1. The van der Waals surface area contributed by atoms with Crippen LogP contribution in [0.15, 0.2) is 66.7 Å². The van der Waals surface area contributed by atoms with E-state index in [9.17, 15) is 4.79 Å². The Kier molecular flexibility index (Phi) is 8.29. The molecule has 1 atom stereocenters. The minimum absolute atomic E-state index is 0.00776. The summed E-state index contributed by atoms with van der Waals surface area (Å²) in [6, 6.07) is 23.6. The first-order valence-corrected chi connectivity index (χ1v) is 13.1. The van der Waals surface area contributed by atoms with Crippen molar-refractivity contribution < 1.29 is 4.79 Å². The van der Waals surface area contributed by atoms with Gasteiger partial charge in [0.15, 0.2) is 0 Å². The van der Waals surface area contributed by atoms with Gasteiger partial charge < -0.3 is 9.88 Å². The van der Waals surface area contributed by atoms with Crippen molar-refractivity contribution in [1.82, 2.24) is 14.9 Å². The van der Waals surface area contributed by atoms with Gasteiger partial charge in [-0.15, -0.1) is 0 Å². The lowest BCUT2D eigenvalue weighted by atomic mass is 10.0. The van der Waals surface area contributed by atoms with Gasteiger partial charge in [-0.3, -0.25) is 4.79 Å². The second-order valence-electron chi connectivity index (χ2n) is 9.23. The molecular weight excluding hydrogens is 450 g/mol. The van der Waals surface area contributed by atoms with Crippen molar-refractivity contribution in [3.05, 3.63) is 89.2 Å². The van der Waals surface area contributed by atoms with Crippen molar-refractivity contribution in [2.24, 2.45) is 0 Å². The second kappa shape index (κ2) is 11.6. The first-order chi connectivity index (χ1) is 17.0. The Balaban J connectivity index is 1.61. The van der Waals surface area contributed by atoms with Crippen molar-refractivity contribution in [3.63, 3.8) is 0 Å². The minimum atomic E-state index is -0.259. The Hall–Kier alpha value is -3.05. The maximum absolute atomic E-state index is 12.4. The van der Waals surface area contributed by atoms with E-state index in [1.165, 1.54) is 16.7 Å². The predicted molar refractivity (Wildman–Crippen MR) is 149 cm³/mol. The van der Waals surface area contributed by atoms with Crippen LogP contribution < -0.4 is 5.32 Å². The van der Waals surface area contributed by atoms with E-state index in [0.29, 0.717) is 6.54 Å². The lowest BCUT2D eigenvalue weighted by Gasteiger charge is -2.13. The van der Waals surface area contributed by atoms with Crippen molar-refractivity contribution in [1.29, 1.82) is 0 Å². The molecule has 0 aliphatic rings. The van der Waals surface area contributed by atoms with Gasteiger partial charge in [-0.2, -0.15) is 12.6 Å². The van der Waals surface area contributed by atoms with Crippen LogP contribution in [0, 0.1) is 6.92 Å². The molecule has 0 spiro atoms. The zero-order chi connectivity index (χ0) is 24.8. The van der Waals surface area contributed by atoms with E-state index in [1.54, 1.807) is 0 Å². The van der Waals surface area contributed by atoms with Gasteiger partial charge in [-0.1, -0.05) is 80.9 Å². The van der Waals surface area contributed by atoms with E-state index in [4.69, 9.17) is 4.98 Å². The van der Waals surface area contributed by atoms with Crippen LogP contribution in [0.2, 0.25) is 0 Å². The van der Waals surface area contributed by atoms with Crippen molar-refractivity contribution in [3.8, 4) is 11.1 Å². The van der Waals surface area contributed by atoms with Crippen LogP contribution in [-0.2, 0) is 24.3 Å². The van der Waals surface area contributed by atoms with E-state index in [-0.39, 0.29) is 11.2 Å². The van der Waals surface area contributed by atoms with Crippen molar-refractivity contribution in [2.45, 2.75) is 64.8 Å². The standard InChI is InChI=1S/C30H35N3OS/c1-4-9-27(35)30(34)31-19-23-17-21(3)29-26(18-23)33(28(32-29)10-5-2)20-22-13-15-25(16-14-22)24-11-7-6-8-12-24/h6-8,11-18,27,35H,4-5,9-10,19-20H2,1-3H3,(H,31,34)/t27-/m1/s1. The molecule has 1 aromatic heterocycles. The fourth-order valence-electron chi connectivity index (χ4n) is 4.53. The number of carbonyl (C=O) groups excluding carboxylic acids is 1. The minimum Gasteiger partial charge on any atom is -0.351 e. The highest BCUT2D eigenvalue weighted by molar-refractivity contribution is 7.81. The number of amides is 1. The lowest BCUT2D eigenvalue weighted by molar-refractivity contribution is -0.120. The molecule has 0 saturated heterocycles. The normalized spacial score (nSPS) is 12.1. The van der Waals surface area contributed by atoms with Gasteiger partial charge >= 0.3 is 0 Å². The maximum Gasteiger partial charge on any atom is 0.233 e. The number of thiol groups is 1. The van der Waals surface area contributed by atoms with Gasteiger partial charge in [0.25, 0.3) is 0 Å². The Morgan fingerprint density at radius 1 is 0.971 bits per heavy atom. The second-order valence-corrected chi connectivity index (χ2v) is 9.85. The molecule has 0 radical (unpaired) electrons. The fraction of sp³-hybridized carbons (Fsp3) is 0.333. The molecule has 182 valence electrons. The molecule has 0 saturated carbocycles. The average Bonchev–Trinajstić information content (AvgIpc) is 3.21. The summed E-state index contributed by atoms with van der Waals surface area (Å²) in [4.78, 5) is 17.4. The molecule has 0 bridgehead atoms. The number of aryl methyl sites for hydroxylation is 2. The van der Waals surface area contributed by atoms with Crippen LogP contribution in [0.1, 0.15) is 55.6 Å². The van der Waals surface area contributed by atoms with Crippen molar-refractivity contribution in [2.75, 3.05) is 0 Å². The molecule has 35 heavy (non-hydrogen) atoms. The highest BCUT2D eigenvalue weighted by atomic mass is 32.1. The van der Waals surface area contributed by atoms with Gasteiger partial charge in [0, 0.05) is 19.5 Å². The number of fused-ring (bicyclic) bond motifs is 1. The fourth-order valence-corrected chi connectivity index (χ4v) is 4.88. The highest BCUT2D eigenvalue weighted by Gasteiger charge is 2.16. The lowest BCUT2D eigenvalue weighted by Crippen LogP contribution is -2.30. The summed E-state index contributed by atoms with van der Waals surface area (Å²) in [6.45, 7) is 7.63. The summed E-state index contributed by atoms with van der Waals surface area (Å²) in [5.41, 5.74) is 8.09. The van der Waals surface area contributed by atoms with E-state index < -0.39 is 0 Å². The first-order valence-electron chi connectivity index (χ1n) is 12.6. The van der Waals surface area contributed by atoms with Gasteiger partial charge in [0.2, 0.25) is 5.91 Å². The average molecular weight is 486 g/mol. The van der Waals surface area contributed by atoms with Crippen LogP contribution in [0.3, 0.4) is 0 Å². The number of nitrogens with zero attached hydrogens (tertiary/aromatic N) is 2. The van der Waals surface area contributed by atoms with E-state index in [2.05, 4.69) is 104 Å². The third-order valence-electron chi connectivity index (χ3n) is 6.39. The van der Waals surface area contributed by atoms with E-state index >= 15 is 0 Å². The molecule has 0 aliphatic carbocycles. The topological polar surface area (TPSA) is 46.9 Å². The van der Waals surface area contributed by atoms with E-state index in [0.717, 1.165) is 60.2 Å². The predicted octanol–water partition coefficient (Wildman–Crippen LogP) is 6.73. The third-order valence-corrected chi connectivity index (χ3v) is 6.88. The number of benzene rings is 3. The summed E-state index contributed by atoms with van der Waals surface area (Å²) < 4.78 is 2.34. The zero-order valence-corrected chi connectivity index (χ0v) is 21.8. The molecule has 1 N–H and O–H groups in total. The molecular formula is C30H35N3OS. The molecule has 1 amide bonds. The number of nitrogens with one attached hydrogen (secondary N) is 1. The van der Waals surface area contributed by atoms with Crippen LogP contribution in [0.4, 0.5) is 0 Å². The van der Waals surface area contributed by atoms with Crippen LogP contribution in [0.5, 0.6) is 0 Å². The highest BCUT2D eigenvalue weighted by Crippen LogP contribution is 2.25. The van der Waals surface area contributed by atoms with Crippen molar-refractivity contribution >= 4 is 29.6 Å². The molecule has 1 heterocycles. The van der Waals surface area contributed by atoms with Crippen LogP contribution in [-0.4, -0.2) is 20.7 Å². The number of imidazole rings is 1. The van der Waals surface area contributed by atoms with E-state index in [1.807, 2.05) is 6.07 Å². The molecule has 0 unspecified atom stereocenters. The summed E-state index contributed by atoms with van der Waals surface area (Å²) in [6.07, 6.45) is 3.70. The van der Waals surface area contributed by atoms with Gasteiger partial charge in [0.05, 0.1) is 16.3 Å². The van der Waals surface area contributed by atoms with Gasteiger partial charge in [-0.05, 0) is 53.6 Å². The Labute approximate surface area is 214 Å². The molecule has 0 aliphatic heterocycles. The molecule has 0 fully saturated rings. The molecule has 4 nitrogen and oxygen atoms in total. The van der Waals surface area contributed by atoms with Crippen LogP contribution in [0.25, 0.3) is 22.2 Å². The first kappa shape index (κ1) is 25.1. The Bertz CT molecular complexity index is 1280. The third kappa shape index (κ3) is 5.96. The quantitative estimate of drug-likeness (QED) is 0.245. The molecule has 4 rings (SSSR count). The number of hydrogen-bond donors (Lipinski definition) is 2. The Morgan fingerprint density at radius 3 is 2.37 bits per heavy atom. The molecule has 5 heteroatoms. The number of aromatic nitrogens is 2. The summed E-state index contributed by atoms with van der Waals surface area (Å²) in [5, 5.41) is 2.79. The maximum atomic E-state index is 12.4. The summed E-state index contributed by atoms with van der Waals surface area (Å²) >= 11 is 4.43. The monoisotopic (exact) mass is 485 g/mol. The zero-order valence-electron chi connectivity index (χ0n) is 20.9. The summed E-state index contributed by atoms with van der Waals surface area (Å²) in [7, 11) is 0. The largest absolute Gasteiger partial charge is 0.351 e. The smallest absolute Gasteiger partial charge is 0.233 e. The number of hydrogen-bond acceptors (Lipinski definition) is 3. The SMILES string of the molecule is CCCc1nc2c(C)cc(CNC(=O)[C@H](S)CCC)cc2n1Cc1ccc(-c2ccccc2)cc1. The van der Waals surface area contributed by atoms with Crippen LogP contribution >= 0.6 is 12.6 Å². The summed E-state index contributed by atoms with van der Waals surface area (Å²) in [5.74, 6) is 1.10. The Morgan fingerprint density at radius 2 is 1.69 bits per heavy atom. The van der Waals surface area contributed by atoms with Gasteiger partial charge in [-0.25, -0.2) is 4.98 Å². The van der Waals surface area contributed by atoms with Gasteiger partial charge in [0.1, 0.15) is 5.82 Å². The number of rotatable bonds is 10. The molecule has 3 aromatic carbocycles. The molecule has 4 aromatic rings.